The molecule has 0 aromatic heterocycles. The van der Waals surface area contributed by atoms with Gasteiger partial charge in [-0.25, -0.2) is 0 Å². The van der Waals surface area contributed by atoms with E-state index in [2.05, 4.69) is 39.6 Å². The van der Waals surface area contributed by atoms with E-state index in [0.29, 0.717) is 0 Å². The highest BCUT2D eigenvalue weighted by atomic mass is 28.4. The lowest BCUT2D eigenvalue weighted by atomic mass is 10.2. The van der Waals surface area contributed by atoms with Crippen LogP contribution in [-0.4, -0.2) is 8.32 Å². The van der Waals surface area contributed by atoms with E-state index in [1.54, 1.807) is 0 Å². The minimum atomic E-state index is -1.38. The second-order valence-corrected chi connectivity index (χ2v) is 8.83. The highest BCUT2D eigenvalue weighted by Gasteiger charge is 2.16. The molecular formula is C11H24OSi. The molecule has 0 radical (unpaired) electrons. The van der Waals surface area contributed by atoms with E-state index in [1.807, 2.05) is 0 Å². The van der Waals surface area contributed by atoms with Gasteiger partial charge in [-0.3, -0.25) is 0 Å². The second kappa shape index (κ2) is 6.25. The van der Waals surface area contributed by atoms with Gasteiger partial charge in [-0.2, -0.15) is 0 Å². The average molecular weight is 200 g/mol. The van der Waals surface area contributed by atoms with Crippen LogP contribution in [0, 0.1) is 0 Å². The van der Waals surface area contributed by atoms with E-state index in [9.17, 15) is 0 Å². The molecule has 78 valence electrons. The predicted molar refractivity (Wildman–Crippen MR) is 62.3 cm³/mol. The summed E-state index contributed by atoms with van der Waals surface area (Å²) in [6, 6.07) is 0. The van der Waals surface area contributed by atoms with Gasteiger partial charge in [0.15, 0.2) is 0 Å². The third-order valence-electron chi connectivity index (χ3n) is 1.65. The number of allylic oxidation sites excluding steroid dienone is 2. The lowest BCUT2D eigenvalue weighted by molar-refractivity contribution is 0.392. The van der Waals surface area contributed by atoms with Crippen LogP contribution in [0.5, 0.6) is 0 Å². The van der Waals surface area contributed by atoms with Crippen LogP contribution in [0.4, 0.5) is 0 Å². The Kier molecular flexibility index (Phi) is 6.13. The summed E-state index contributed by atoms with van der Waals surface area (Å²) in [5.74, 6) is 1.23. The zero-order valence-corrected chi connectivity index (χ0v) is 10.8. The maximum Gasteiger partial charge on any atom is 0.241 e. The van der Waals surface area contributed by atoms with Crippen molar-refractivity contribution in [3.05, 3.63) is 11.8 Å². The number of hydrogen-bond donors (Lipinski definition) is 0. The van der Waals surface area contributed by atoms with Crippen LogP contribution < -0.4 is 0 Å². The SMILES string of the molecule is CCC=C(CCCC)O[Si](C)(C)C. The Bertz CT molecular complexity index is 156. The maximum absolute atomic E-state index is 5.98. The summed E-state index contributed by atoms with van der Waals surface area (Å²) in [5, 5.41) is 0. The van der Waals surface area contributed by atoms with Crippen molar-refractivity contribution in [1.29, 1.82) is 0 Å². The topological polar surface area (TPSA) is 9.23 Å². The van der Waals surface area contributed by atoms with Crippen molar-refractivity contribution >= 4 is 8.32 Å². The Morgan fingerprint density at radius 3 is 2.23 bits per heavy atom. The summed E-state index contributed by atoms with van der Waals surface area (Å²) in [6.45, 7) is 11.1. The van der Waals surface area contributed by atoms with Gasteiger partial charge in [-0.15, -0.1) is 0 Å². The van der Waals surface area contributed by atoms with E-state index in [1.165, 1.54) is 18.6 Å². The summed E-state index contributed by atoms with van der Waals surface area (Å²) in [4.78, 5) is 0. The third kappa shape index (κ3) is 8.10. The molecule has 0 saturated heterocycles. The molecule has 0 aromatic carbocycles. The van der Waals surface area contributed by atoms with Crippen LogP contribution in [0.25, 0.3) is 0 Å². The molecule has 13 heavy (non-hydrogen) atoms. The van der Waals surface area contributed by atoms with Gasteiger partial charge >= 0.3 is 0 Å². The van der Waals surface area contributed by atoms with Gasteiger partial charge in [0.1, 0.15) is 0 Å². The van der Waals surface area contributed by atoms with Crippen LogP contribution in [0.2, 0.25) is 19.6 Å². The normalized spacial score (nSPS) is 13.2. The highest BCUT2D eigenvalue weighted by Crippen LogP contribution is 2.16. The van der Waals surface area contributed by atoms with Gasteiger partial charge in [0.2, 0.25) is 8.32 Å². The molecule has 0 amide bonds. The van der Waals surface area contributed by atoms with E-state index in [4.69, 9.17) is 4.43 Å². The van der Waals surface area contributed by atoms with Gasteiger partial charge in [-0.1, -0.05) is 20.3 Å². The van der Waals surface area contributed by atoms with Gasteiger partial charge < -0.3 is 4.43 Å². The first-order chi connectivity index (χ1) is 5.99. The Morgan fingerprint density at radius 1 is 1.23 bits per heavy atom. The molecule has 0 unspecified atom stereocenters. The summed E-state index contributed by atoms with van der Waals surface area (Å²) >= 11 is 0. The number of hydrogen-bond acceptors (Lipinski definition) is 1. The lowest BCUT2D eigenvalue weighted by Crippen LogP contribution is -2.24. The standard InChI is InChI=1S/C11H24OSi/c1-6-8-10-11(9-7-2)12-13(3,4)5/h9H,6-8,10H2,1-5H3. The van der Waals surface area contributed by atoms with E-state index >= 15 is 0 Å². The summed E-state index contributed by atoms with van der Waals surface area (Å²) in [7, 11) is -1.38. The fourth-order valence-corrected chi connectivity index (χ4v) is 2.14. The summed E-state index contributed by atoms with van der Waals surface area (Å²) in [5.41, 5.74) is 0. The Labute approximate surface area is 84.3 Å². The van der Waals surface area contributed by atoms with Crippen LogP contribution in [0.15, 0.2) is 11.8 Å². The molecule has 0 bridgehead atoms. The maximum atomic E-state index is 5.98. The molecule has 0 aliphatic heterocycles. The molecule has 0 aromatic rings. The molecule has 2 heteroatoms. The van der Waals surface area contributed by atoms with Crippen molar-refractivity contribution in [3.8, 4) is 0 Å². The zero-order chi connectivity index (χ0) is 10.3. The fraction of sp³-hybridized carbons (Fsp3) is 0.818. The minimum absolute atomic E-state index is 1.09. The molecule has 0 saturated carbocycles. The Balaban J connectivity index is 4.03. The van der Waals surface area contributed by atoms with Crippen molar-refractivity contribution in [3.63, 3.8) is 0 Å². The van der Waals surface area contributed by atoms with Gasteiger partial charge in [0.05, 0.1) is 5.76 Å². The first-order valence-electron chi connectivity index (χ1n) is 5.37. The monoisotopic (exact) mass is 200 g/mol. The Hall–Kier alpha value is -0.243. The van der Waals surface area contributed by atoms with Crippen LogP contribution in [0.3, 0.4) is 0 Å². The minimum Gasteiger partial charge on any atom is -0.548 e. The van der Waals surface area contributed by atoms with Crippen LogP contribution in [-0.2, 0) is 4.43 Å². The smallest absolute Gasteiger partial charge is 0.241 e. The van der Waals surface area contributed by atoms with Gasteiger partial charge in [-0.05, 0) is 38.6 Å². The molecule has 0 aliphatic carbocycles. The van der Waals surface area contributed by atoms with E-state index < -0.39 is 8.32 Å². The molecule has 0 N–H and O–H groups in total. The van der Waals surface area contributed by atoms with Crippen molar-refractivity contribution in [2.75, 3.05) is 0 Å². The van der Waals surface area contributed by atoms with E-state index in [0.717, 1.165) is 12.8 Å². The number of rotatable bonds is 6. The fourth-order valence-electron chi connectivity index (χ4n) is 1.17. The van der Waals surface area contributed by atoms with Crippen molar-refractivity contribution in [2.24, 2.45) is 0 Å². The van der Waals surface area contributed by atoms with Crippen LogP contribution >= 0.6 is 0 Å². The zero-order valence-electron chi connectivity index (χ0n) is 9.81. The quantitative estimate of drug-likeness (QED) is 0.458. The van der Waals surface area contributed by atoms with Crippen molar-refractivity contribution in [2.45, 2.75) is 59.2 Å². The molecule has 1 nitrogen and oxygen atoms in total. The molecule has 0 spiro atoms. The molecule has 0 heterocycles. The largest absolute Gasteiger partial charge is 0.548 e. The third-order valence-corrected chi connectivity index (χ3v) is 2.52. The van der Waals surface area contributed by atoms with Crippen LogP contribution in [0.1, 0.15) is 39.5 Å². The second-order valence-electron chi connectivity index (χ2n) is 4.40. The van der Waals surface area contributed by atoms with E-state index in [-0.39, 0.29) is 0 Å². The number of unbranched alkanes of at least 4 members (excludes halogenated alkanes) is 1. The summed E-state index contributed by atoms with van der Waals surface area (Å²) in [6.07, 6.45) is 6.93. The lowest BCUT2D eigenvalue weighted by Gasteiger charge is -2.21. The average Bonchev–Trinajstić information content (AvgIpc) is 1.98. The molecule has 0 fully saturated rings. The van der Waals surface area contributed by atoms with Crippen molar-refractivity contribution < 1.29 is 4.43 Å². The molecule has 0 atom stereocenters. The van der Waals surface area contributed by atoms with Gasteiger partial charge in [0, 0.05) is 6.42 Å². The highest BCUT2D eigenvalue weighted by molar-refractivity contribution is 6.70. The van der Waals surface area contributed by atoms with Crippen molar-refractivity contribution in [1.82, 2.24) is 0 Å². The molecule has 0 rings (SSSR count). The first-order valence-corrected chi connectivity index (χ1v) is 8.78. The van der Waals surface area contributed by atoms with Gasteiger partial charge in [0.25, 0.3) is 0 Å². The molecular weight excluding hydrogens is 176 g/mol. The summed E-state index contributed by atoms with van der Waals surface area (Å²) < 4.78 is 5.98. The Morgan fingerprint density at radius 2 is 1.85 bits per heavy atom. The first kappa shape index (κ1) is 12.8. The molecule has 0 aliphatic rings. The predicted octanol–water partition coefficient (Wildman–Crippen LogP) is 4.32.